The van der Waals surface area contributed by atoms with Crippen LogP contribution in [0.3, 0.4) is 0 Å². The van der Waals surface area contributed by atoms with Crippen LogP contribution < -0.4 is 14.2 Å². The number of halogens is 2. The molecule has 0 amide bonds. The van der Waals surface area contributed by atoms with Crippen molar-refractivity contribution in [2.45, 2.75) is 4.90 Å². The summed E-state index contributed by atoms with van der Waals surface area (Å²) in [5.41, 5.74) is -0.457. The van der Waals surface area contributed by atoms with E-state index in [0.29, 0.717) is 16.4 Å². The fraction of sp³-hybridized carbons (Fsp3) is 0.100. The van der Waals surface area contributed by atoms with Gasteiger partial charge in [0.05, 0.1) is 36.4 Å². The van der Waals surface area contributed by atoms with E-state index in [2.05, 4.69) is 24.7 Å². The average Bonchev–Trinajstić information content (AvgIpc) is 3.23. The second kappa shape index (κ2) is 8.56. The summed E-state index contributed by atoms with van der Waals surface area (Å²) < 4.78 is 42.6. The van der Waals surface area contributed by atoms with E-state index >= 15 is 4.39 Å². The van der Waals surface area contributed by atoms with E-state index in [1.54, 1.807) is 12.1 Å². The predicted octanol–water partition coefficient (Wildman–Crippen LogP) is 4.00. The van der Waals surface area contributed by atoms with E-state index < -0.39 is 23.0 Å². The molecule has 0 aliphatic rings. The number of fused-ring (bicyclic) bond motifs is 1. The normalized spacial score (nSPS) is 10.8. The van der Waals surface area contributed by atoms with Gasteiger partial charge in [0.1, 0.15) is 17.8 Å². The summed E-state index contributed by atoms with van der Waals surface area (Å²) in [5.74, 6) is -2.33. The van der Waals surface area contributed by atoms with E-state index in [0.717, 1.165) is 18.0 Å². The van der Waals surface area contributed by atoms with Gasteiger partial charge in [-0.2, -0.15) is 0 Å². The Morgan fingerprint density at radius 2 is 1.94 bits per heavy atom. The van der Waals surface area contributed by atoms with Gasteiger partial charge in [-0.15, -0.1) is 0 Å². The van der Waals surface area contributed by atoms with Crippen LogP contribution >= 0.6 is 11.9 Å². The number of pyridine rings is 1. The number of ether oxygens (including phenoxy) is 2. The van der Waals surface area contributed by atoms with Crippen molar-refractivity contribution in [1.29, 1.82) is 0 Å². The minimum Gasteiger partial charge on any atom is -0.481 e. The van der Waals surface area contributed by atoms with Gasteiger partial charge in [-0.1, -0.05) is 0 Å². The van der Waals surface area contributed by atoms with Gasteiger partial charge in [0.15, 0.2) is 5.82 Å². The lowest BCUT2D eigenvalue weighted by molar-refractivity contribution is 0.103. The van der Waals surface area contributed by atoms with E-state index in [-0.39, 0.29) is 22.5 Å². The lowest BCUT2D eigenvalue weighted by Crippen LogP contribution is -2.09. The fourth-order valence-corrected chi connectivity index (χ4v) is 3.53. The van der Waals surface area contributed by atoms with E-state index in [4.69, 9.17) is 9.47 Å². The van der Waals surface area contributed by atoms with Crippen molar-refractivity contribution in [3.63, 3.8) is 0 Å². The number of nitrogens with one attached hydrogen (secondary N) is 2. The lowest BCUT2D eigenvalue weighted by atomic mass is 10.0. The van der Waals surface area contributed by atoms with Gasteiger partial charge in [0.25, 0.3) is 0 Å². The third-order valence-corrected chi connectivity index (χ3v) is 5.19. The van der Waals surface area contributed by atoms with Crippen LogP contribution in [0.5, 0.6) is 11.8 Å². The molecule has 0 saturated heterocycles. The molecule has 8 nitrogen and oxygen atoms in total. The van der Waals surface area contributed by atoms with Gasteiger partial charge < -0.3 is 19.2 Å². The monoisotopic (exact) mass is 443 g/mol. The van der Waals surface area contributed by atoms with Crippen LogP contribution in [0.4, 0.5) is 14.5 Å². The van der Waals surface area contributed by atoms with Gasteiger partial charge in [0, 0.05) is 23.4 Å². The van der Waals surface area contributed by atoms with Crippen molar-refractivity contribution in [3.05, 3.63) is 65.7 Å². The lowest BCUT2D eigenvalue weighted by Gasteiger charge is -2.11. The maximum absolute atomic E-state index is 15.1. The first-order chi connectivity index (χ1) is 15.0. The average molecular weight is 443 g/mol. The fourth-order valence-electron chi connectivity index (χ4n) is 2.90. The second-order valence-corrected chi connectivity index (χ2v) is 7.04. The molecule has 4 rings (SSSR count). The quantitative estimate of drug-likeness (QED) is 0.327. The molecule has 0 fully saturated rings. The summed E-state index contributed by atoms with van der Waals surface area (Å²) in [5, 5.41) is 0.242. The molecule has 0 spiro atoms. The Labute approximate surface area is 179 Å². The zero-order chi connectivity index (χ0) is 22.0. The van der Waals surface area contributed by atoms with Crippen molar-refractivity contribution in [1.82, 2.24) is 19.9 Å². The first kappa shape index (κ1) is 20.5. The van der Waals surface area contributed by atoms with Crippen molar-refractivity contribution in [2.24, 2.45) is 0 Å². The number of hydrogen-bond donors (Lipinski definition) is 2. The van der Waals surface area contributed by atoms with Crippen LogP contribution in [0.15, 0.2) is 47.9 Å². The van der Waals surface area contributed by atoms with E-state index in [9.17, 15) is 9.18 Å². The number of nitrogens with zero attached hydrogens (tertiary/aromatic N) is 3. The minimum atomic E-state index is -1.02. The zero-order valence-electron chi connectivity index (χ0n) is 16.3. The Morgan fingerprint density at radius 3 is 2.65 bits per heavy atom. The number of methoxy groups -OCH3 is 2. The molecule has 0 aliphatic carbocycles. The summed E-state index contributed by atoms with van der Waals surface area (Å²) in [6.45, 7) is 0. The number of benzene rings is 1. The third-order valence-electron chi connectivity index (χ3n) is 4.39. The number of H-pyrrole nitrogens is 1. The number of carbonyl (C=O) groups is 1. The Balaban J connectivity index is 1.67. The van der Waals surface area contributed by atoms with E-state index in [1.165, 1.54) is 39.0 Å². The topological polar surface area (TPSA) is 102 Å². The SMILES string of the molecule is COc1ccc(SNc2ccc(F)c(C(=O)c3c[nH]c4ncnc(OC)c34)c2F)cn1. The molecular weight excluding hydrogens is 428 g/mol. The van der Waals surface area contributed by atoms with Crippen LogP contribution in [-0.2, 0) is 0 Å². The Kier molecular flexibility index (Phi) is 5.67. The highest BCUT2D eigenvalue weighted by Gasteiger charge is 2.26. The van der Waals surface area contributed by atoms with Gasteiger partial charge >= 0.3 is 0 Å². The highest BCUT2D eigenvalue weighted by Crippen LogP contribution is 2.31. The summed E-state index contributed by atoms with van der Waals surface area (Å²) in [6.07, 6.45) is 4.10. The second-order valence-electron chi connectivity index (χ2n) is 6.16. The molecule has 31 heavy (non-hydrogen) atoms. The van der Waals surface area contributed by atoms with Crippen molar-refractivity contribution in [2.75, 3.05) is 18.9 Å². The highest BCUT2D eigenvalue weighted by molar-refractivity contribution is 8.00. The molecule has 158 valence electrons. The molecule has 0 unspecified atom stereocenters. The Morgan fingerprint density at radius 1 is 1.10 bits per heavy atom. The number of ketones is 1. The van der Waals surface area contributed by atoms with Crippen molar-refractivity contribution in [3.8, 4) is 11.8 Å². The molecule has 11 heteroatoms. The maximum Gasteiger partial charge on any atom is 0.226 e. The molecular formula is C20H15F2N5O3S. The van der Waals surface area contributed by atoms with Crippen molar-refractivity contribution >= 4 is 34.5 Å². The van der Waals surface area contributed by atoms with Crippen LogP contribution in [0, 0.1) is 11.6 Å². The minimum absolute atomic E-state index is 0.00518. The number of anilines is 1. The first-order valence-corrected chi connectivity index (χ1v) is 9.66. The van der Waals surface area contributed by atoms with Gasteiger partial charge in [0.2, 0.25) is 17.5 Å². The number of aromatic amines is 1. The van der Waals surface area contributed by atoms with Crippen LogP contribution in [0.1, 0.15) is 15.9 Å². The molecule has 3 aromatic heterocycles. The summed E-state index contributed by atoms with van der Waals surface area (Å²) >= 11 is 1.05. The summed E-state index contributed by atoms with van der Waals surface area (Å²) in [7, 11) is 2.87. The molecule has 1 aromatic carbocycles. The van der Waals surface area contributed by atoms with Gasteiger partial charge in [-0.3, -0.25) is 4.79 Å². The molecule has 0 saturated carbocycles. The third kappa shape index (κ3) is 3.87. The number of carbonyl (C=O) groups excluding carboxylic acids is 1. The first-order valence-electron chi connectivity index (χ1n) is 8.85. The molecule has 3 heterocycles. The number of aromatic nitrogens is 4. The molecule has 0 radical (unpaired) electrons. The number of rotatable bonds is 7. The molecule has 0 atom stereocenters. The summed E-state index contributed by atoms with van der Waals surface area (Å²) in [6, 6.07) is 5.60. The largest absolute Gasteiger partial charge is 0.481 e. The highest BCUT2D eigenvalue weighted by atomic mass is 32.2. The Bertz CT molecular complexity index is 1260. The van der Waals surface area contributed by atoms with Crippen LogP contribution in [0.2, 0.25) is 0 Å². The van der Waals surface area contributed by atoms with Crippen molar-refractivity contribution < 1.29 is 23.0 Å². The molecule has 0 bridgehead atoms. The van der Waals surface area contributed by atoms with Crippen LogP contribution in [-0.4, -0.2) is 39.9 Å². The molecule has 2 N–H and O–H groups in total. The predicted molar refractivity (Wildman–Crippen MR) is 110 cm³/mol. The zero-order valence-corrected chi connectivity index (χ0v) is 17.1. The van der Waals surface area contributed by atoms with Gasteiger partial charge in [-0.05, 0) is 30.1 Å². The summed E-state index contributed by atoms with van der Waals surface area (Å²) in [4.78, 5) is 28.5. The molecule has 0 aliphatic heterocycles. The maximum atomic E-state index is 15.1. The molecule has 4 aromatic rings. The standard InChI is InChI=1S/C20H15F2N5O3S/c1-29-14-6-3-10(7-23-14)31-27-13-5-4-12(21)16(17(13)22)18(28)11-8-24-19-15(11)20(30-2)26-9-25-19/h3-9,27H,1-2H3,(H,24,25,26). The number of hydrogen-bond acceptors (Lipinski definition) is 8. The van der Waals surface area contributed by atoms with Gasteiger partial charge in [-0.25, -0.2) is 23.7 Å². The Hall–Kier alpha value is -3.73. The smallest absolute Gasteiger partial charge is 0.226 e. The van der Waals surface area contributed by atoms with E-state index in [1.807, 2.05) is 0 Å². The van der Waals surface area contributed by atoms with Crippen LogP contribution in [0.25, 0.3) is 11.0 Å².